The van der Waals surface area contributed by atoms with E-state index in [9.17, 15) is 4.79 Å². The lowest BCUT2D eigenvalue weighted by atomic mass is 10.2. The fourth-order valence-corrected chi connectivity index (χ4v) is 1.26. The van der Waals surface area contributed by atoms with E-state index >= 15 is 0 Å². The van der Waals surface area contributed by atoms with Crippen LogP contribution in [-0.4, -0.2) is 48.2 Å². The number of aliphatic hydroxyl groups is 1. The van der Waals surface area contributed by atoms with Crippen LogP contribution >= 0.6 is 0 Å². The highest BCUT2D eigenvalue weighted by Crippen LogP contribution is 1.99. The number of aliphatic hydroxyl groups excluding tert-OH is 1. The third kappa shape index (κ3) is 6.10. The minimum Gasteiger partial charge on any atom is -0.396 e. The Balaban J connectivity index is 4.00. The Morgan fingerprint density at radius 3 is 2.73 bits per heavy atom. The minimum atomic E-state index is 0.0219. The fourth-order valence-electron chi connectivity index (χ4n) is 1.26. The number of terminal acetylenes is 1. The van der Waals surface area contributed by atoms with Crippen molar-refractivity contribution in [2.45, 2.75) is 26.3 Å². The zero-order chi connectivity index (χ0) is 11.7. The minimum absolute atomic E-state index is 0.0219. The van der Waals surface area contributed by atoms with Gasteiger partial charge in [0.25, 0.3) is 0 Å². The van der Waals surface area contributed by atoms with Gasteiger partial charge in [0.05, 0.1) is 13.1 Å². The maximum Gasteiger partial charge on any atom is 0.236 e. The largest absolute Gasteiger partial charge is 0.396 e. The molecule has 0 saturated heterocycles. The highest BCUT2D eigenvalue weighted by atomic mass is 16.3. The lowest BCUT2D eigenvalue weighted by molar-refractivity contribution is -0.132. The molecule has 0 heterocycles. The van der Waals surface area contributed by atoms with Crippen molar-refractivity contribution in [3.05, 3.63) is 0 Å². The lowest BCUT2D eigenvalue weighted by Gasteiger charge is -2.26. The van der Waals surface area contributed by atoms with E-state index in [2.05, 4.69) is 11.2 Å². The molecule has 2 N–H and O–H groups in total. The normalized spacial score (nSPS) is 10.1. The lowest BCUT2D eigenvalue weighted by Crippen LogP contribution is -2.43. The molecular weight excluding hydrogens is 192 g/mol. The van der Waals surface area contributed by atoms with Crippen molar-refractivity contribution in [2.75, 3.05) is 26.2 Å². The van der Waals surface area contributed by atoms with Gasteiger partial charge in [-0.05, 0) is 20.3 Å². The summed E-state index contributed by atoms with van der Waals surface area (Å²) < 4.78 is 0. The third-order valence-electron chi connectivity index (χ3n) is 2.00. The standard InChI is InChI=1S/C11H20N2O2/c1-4-6-12-9-11(15)13(10(2)3)7-5-8-14/h1,10,12,14H,5-9H2,2-3H3. The Morgan fingerprint density at radius 2 is 2.27 bits per heavy atom. The molecule has 0 aromatic carbocycles. The van der Waals surface area contributed by atoms with E-state index in [0.29, 0.717) is 19.5 Å². The first-order chi connectivity index (χ1) is 7.13. The molecule has 0 atom stereocenters. The fraction of sp³-hybridized carbons (Fsp3) is 0.727. The summed E-state index contributed by atoms with van der Waals surface area (Å²) in [5.74, 6) is 2.43. The second-order valence-electron chi connectivity index (χ2n) is 3.57. The molecule has 0 aliphatic rings. The van der Waals surface area contributed by atoms with Gasteiger partial charge in [0.2, 0.25) is 5.91 Å². The van der Waals surface area contributed by atoms with E-state index in [1.165, 1.54) is 0 Å². The van der Waals surface area contributed by atoms with Crippen LogP contribution in [0.15, 0.2) is 0 Å². The van der Waals surface area contributed by atoms with E-state index < -0.39 is 0 Å². The molecule has 0 saturated carbocycles. The van der Waals surface area contributed by atoms with E-state index in [0.717, 1.165) is 0 Å². The van der Waals surface area contributed by atoms with Crippen molar-refractivity contribution < 1.29 is 9.90 Å². The zero-order valence-corrected chi connectivity index (χ0v) is 9.49. The summed E-state index contributed by atoms with van der Waals surface area (Å²) >= 11 is 0. The van der Waals surface area contributed by atoms with E-state index in [1.54, 1.807) is 4.90 Å². The molecule has 0 aliphatic carbocycles. The van der Waals surface area contributed by atoms with Gasteiger partial charge in [-0.3, -0.25) is 10.1 Å². The summed E-state index contributed by atoms with van der Waals surface area (Å²) in [6.45, 7) is 5.26. The number of carbonyl (C=O) groups is 1. The summed E-state index contributed by atoms with van der Waals surface area (Å²) in [5.41, 5.74) is 0. The smallest absolute Gasteiger partial charge is 0.236 e. The predicted molar refractivity (Wildman–Crippen MR) is 60.3 cm³/mol. The SMILES string of the molecule is C#CCNCC(=O)N(CCCO)C(C)C. The van der Waals surface area contributed by atoms with Crippen molar-refractivity contribution in [1.82, 2.24) is 10.2 Å². The monoisotopic (exact) mass is 212 g/mol. The van der Waals surface area contributed by atoms with Crippen LogP contribution < -0.4 is 5.32 Å². The molecule has 4 nitrogen and oxygen atoms in total. The van der Waals surface area contributed by atoms with Crippen molar-refractivity contribution >= 4 is 5.91 Å². The summed E-state index contributed by atoms with van der Waals surface area (Å²) in [7, 11) is 0. The van der Waals surface area contributed by atoms with Crippen molar-refractivity contribution in [3.8, 4) is 12.3 Å². The molecule has 0 aliphatic heterocycles. The average molecular weight is 212 g/mol. The van der Waals surface area contributed by atoms with Crippen LogP contribution in [0.25, 0.3) is 0 Å². The Labute approximate surface area is 91.7 Å². The second-order valence-corrected chi connectivity index (χ2v) is 3.57. The summed E-state index contributed by atoms with van der Waals surface area (Å²) in [5, 5.41) is 11.6. The molecular formula is C11H20N2O2. The van der Waals surface area contributed by atoms with Gasteiger partial charge >= 0.3 is 0 Å². The van der Waals surface area contributed by atoms with Gasteiger partial charge < -0.3 is 10.0 Å². The van der Waals surface area contributed by atoms with E-state index in [4.69, 9.17) is 11.5 Å². The zero-order valence-electron chi connectivity index (χ0n) is 9.49. The summed E-state index contributed by atoms with van der Waals surface area (Å²) in [4.78, 5) is 13.4. The first-order valence-electron chi connectivity index (χ1n) is 5.18. The van der Waals surface area contributed by atoms with Gasteiger partial charge in [0.15, 0.2) is 0 Å². The van der Waals surface area contributed by atoms with Crippen LogP contribution in [0.4, 0.5) is 0 Å². The average Bonchev–Trinajstić information content (AvgIpc) is 2.18. The van der Waals surface area contributed by atoms with Gasteiger partial charge in [0, 0.05) is 19.2 Å². The molecule has 0 fully saturated rings. The number of rotatable bonds is 7. The molecule has 0 spiro atoms. The molecule has 0 rings (SSSR count). The highest BCUT2D eigenvalue weighted by molar-refractivity contribution is 5.78. The Morgan fingerprint density at radius 1 is 1.60 bits per heavy atom. The first kappa shape index (κ1) is 13.9. The molecule has 0 aromatic heterocycles. The molecule has 1 amide bonds. The molecule has 0 radical (unpaired) electrons. The number of amides is 1. The third-order valence-corrected chi connectivity index (χ3v) is 2.00. The molecule has 86 valence electrons. The van der Waals surface area contributed by atoms with Gasteiger partial charge in [-0.25, -0.2) is 0 Å². The van der Waals surface area contributed by atoms with Crippen LogP contribution in [0.3, 0.4) is 0 Å². The van der Waals surface area contributed by atoms with E-state index in [-0.39, 0.29) is 25.1 Å². The summed E-state index contributed by atoms with van der Waals surface area (Å²) in [6, 6.07) is 0.150. The van der Waals surface area contributed by atoms with Crippen molar-refractivity contribution in [2.24, 2.45) is 0 Å². The maximum absolute atomic E-state index is 11.7. The Bertz CT molecular complexity index is 221. The van der Waals surface area contributed by atoms with Crippen LogP contribution in [-0.2, 0) is 4.79 Å². The van der Waals surface area contributed by atoms with Crippen molar-refractivity contribution in [3.63, 3.8) is 0 Å². The number of carbonyl (C=O) groups excluding carboxylic acids is 1. The maximum atomic E-state index is 11.7. The second kappa shape index (κ2) is 8.27. The summed E-state index contributed by atoms with van der Waals surface area (Å²) in [6.07, 6.45) is 5.67. The van der Waals surface area contributed by atoms with Crippen LogP contribution in [0.5, 0.6) is 0 Å². The van der Waals surface area contributed by atoms with E-state index in [1.807, 2.05) is 13.8 Å². The molecule has 0 bridgehead atoms. The van der Waals surface area contributed by atoms with Crippen LogP contribution in [0.1, 0.15) is 20.3 Å². The van der Waals surface area contributed by atoms with Crippen molar-refractivity contribution in [1.29, 1.82) is 0 Å². The van der Waals surface area contributed by atoms with Gasteiger partial charge in [-0.1, -0.05) is 5.92 Å². The molecule has 15 heavy (non-hydrogen) atoms. The first-order valence-corrected chi connectivity index (χ1v) is 5.18. The molecule has 0 unspecified atom stereocenters. The molecule has 0 aromatic rings. The van der Waals surface area contributed by atoms with Crippen LogP contribution in [0, 0.1) is 12.3 Å². The number of nitrogens with one attached hydrogen (secondary N) is 1. The predicted octanol–water partition coefficient (Wildman–Crippen LogP) is -0.171. The quantitative estimate of drug-likeness (QED) is 0.455. The van der Waals surface area contributed by atoms with Gasteiger partial charge in [-0.15, -0.1) is 6.42 Å². The van der Waals surface area contributed by atoms with Gasteiger partial charge in [0.1, 0.15) is 0 Å². The number of nitrogens with zero attached hydrogens (tertiary/aromatic N) is 1. The number of hydrogen-bond donors (Lipinski definition) is 2. The highest BCUT2D eigenvalue weighted by Gasteiger charge is 2.15. The number of hydrogen-bond acceptors (Lipinski definition) is 3. The molecule has 4 heteroatoms. The van der Waals surface area contributed by atoms with Crippen LogP contribution in [0.2, 0.25) is 0 Å². The van der Waals surface area contributed by atoms with Gasteiger partial charge in [-0.2, -0.15) is 0 Å². The Kier molecular flexibility index (Phi) is 7.69. The topological polar surface area (TPSA) is 52.6 Å². The Hall–Kier alpha value is -1.05.